The average Bonchev–Trinajstić information content (AvgIpc) is 2.95. The summed E-state index contributed by atoms with van der Waals surface area (Å²) in [5.74, 6) is 0.604. The van der Waals surface area contributed by atoms with Crippen molar-refractivity contribution < 1.29 is 9.90 Å². The lowest BCUT2D eigenvalue weighted by molar-refractivity contribution is -0.122. The minimum Gasteiger partial charge on any atom is -0.395 e. The number of benzene rings is 1. The van der Waals surface area contributed by atoms with Gasteiger partial charge in [0.05, 0.1) is 13.2 Å². The molecule has 2 rings (SSSR count). The lowest BCUT2D eigenvalue weighted by atomic mass is 10.0. The molecule has 0 aliphatic carbocycles. The largest absolute Gasteiger partial charge is 0.395 e. The van der Waals surface area contributed by atoms with E-state index >= 15 is 0 Å². The smallest absolute Gasteiger partial charge is 0.234 e. The van der Waals surface area contributed by atoms with Crippen LogP contribution in [0.4, 0.5) is 0 Å². The molecule has 1 aliphatic rings. The first-order valence-corrected chi connectivity index (χ1v) is 8.30. The average molecular weight is 304 g/mol. The maximum absolute atomic E-state index is 12.0. The third-order valence-electron chi connectivity index (χ3n) is 4.44. The highest BCUT2D eigenvalue weighted by Gasteiger charge is 2.25. The molecule has 0 bridgehead atoms. The number of likely N-dealkylation sites (tertiary alicyclic amines) is 1. The van der Waals surface area contributed by atoms with Crippen LogP contribution in [0.5, 0.6) is 0 Å². The molecule has 4 heteroatoms. The van der Waals surface area contributed by atoms with E-state index in [1.807, 2.05) is 0 Å². The van der Waals surface area contributed by atoms with Crippen molar-refractivity contribution >= 4 is 5.91 Å². The third-order valence-corrected chi connectivity index (χ3v) is 4.44. The summed E-state index contributed by atoms with van der Waals surface area (Å²) < 4.78 is 0. The summed E-state index contributed by atoms with van der Waals surface area (Å²) in [4.78, 5) is 14.0. The van der Waals surface area contributed by atoms with Crippen molar-refractivity contribution in [2.24, 2.45) is 0 Å². The molecule has 0 spiro atoms. The maximum Gasteiger partial charge on any atom is 0.234 e. The summed E-state index contributed by atoms with van der Waals surface area (Å²) in [7, 11) is 0. The lowest BCUT2D eigenvalue weighted by Gasteiger charge is -2.21. The lowest BCUT2D eigenvalue weighted by Crippen LogP contribution is -2.41. The Balaban J connectivity index is 1.70. The molecule has 1 aromatic rings. The molecule has 1 saturated heterocycles. The van der Waals surface area contributed by atoms with E-state index in [4.69, 9.17) is 0 Å². The Labute approximate surface area is 133 Å². The van der Waals surface area contributed by atoms with Crippen LogP contribution >= 0.6 is 0 Å². The van der Waals surface area contributed by atoms with E-state index < -0.39 is 0 Å². The van der Waals surface area contributed by atoms with E-state index in [0.29, 0.717) is 19.0 Å². The van der Waals surface area contributed by atoms with Crippen molar-refractivity contribution in [1.29, 1.82) is 0 Å². The summed E-state index contributed by atoms with van der Waals surface area (Å²) in [6.45, 7) is 6.50. The fraction of sp³-hybridized carbons (Fsp3) is 0.611. The van der Waals surface area contributed by atoms with Gasteiger partial charge in [0.1, 0.15) is 0 Å². The van der Waals surface area contributed by atoms with Gasteiger partial charge in [-0.1, -0.05) is 38.1 Å². The summed E-state index contributed by atoms with van der Waals surface area (Å²) >= 11 is 0. The van der Waals surface area contributed by atoms with Crippen molar-refractivity contribution in [3.05, 3.63) is 35.4 Å². The van der Waals surface area contributed by atoms with Crippen LogP contribution < -0.4 is 5.32 Å². The van der Waals surface area contributed by atoms with E-state index in [1.54, 1.807) is 0 Å². The van der Waals surface area contributed by atoms with Crippen LogP contribution in [0.2, 0.25) is 0 Å². The second kappa shape index (κ2) is 8.30. The molecule has 4 nitrogen and oxygen atoms in total. The molecule has 22 heavy (non-hydrogen) atoms. The molecule has 1 atom stereocenters. The number of hydrogen-bond acceptors (Lipinski definition) is 3. The normalized spacial score (nSPS) is 18.8. The molecule has 0 aromatic heterocycles. The molecule has 2 N–H and O–H groups in total. The molecule has 1 amide bonds. The fourth-order valence-electron chi connectivity index (χ4n) is 2.97. The molecule has 1 aliphatic heterocycles. The summed E-state index contributed by atoms with van der Waals surface area (Å²) in [6.07, 6.45) is 2.92. The number of carbonyl (C=O) groups is 1. The molecule has 1 heterocycles. The minimum atomic E-state index is 0.0548. The van der Waals surface area contributed by atoms with Crippen LogP contribution in [0.15, 0.2) is 24.3 Å². The van der Waals surface area contributed by atoms with E-state index in [0.717, 1.165) is 25.8 Å². The summed E-state index contributed by atoms with van der Waals surface area (Å²) in [6, 6.07) is 8.78. The van der Waals surface area contributed by atoms with Crippen LogP contribution in [0, 0.1) is 0 Å². The predicted octanol–water partition coefficient (Wildman–Crippen LogP) is 1.93. The zero-order valence-corrected chi connectivity index (χ0v) is 13.7. The van der Waals surface area contributed by atoms with Gasteiger partial charge in [-0.3, -0.25) is 9.69 Å². The monoisotopic (exact) mass is 304 g/mol. The van der Waals surface area contributed by atoms with E-state index in [-0.39, 0.29) is 18.6 Å². The molecular formula is C18H28N2O2. The zero-order chi connectivity index (χ0) is 15.9. The van der Waals surface area contributed by atoms with E-state index in [1.165, 1.54) is 11.1 Å². The van der Waals surface area contributed by atoms with Crippen LogP contribution in [-0.4, -0.2) is 48.2 Å². The van der Waals surface area contributed by atoms with Crippen molar-refractivity contribution in [3.8, 4) is 0 Å². The van der Waals surface area contributed by atoms with E-state index in [9.17, 15) is 9.90 Å². The van der Waals surface area contributed by atoms with Crippen molar-refractivity contribution in [2.75, 3.05) is 26.2 Å². The minimum absolute atomic E-state index is 0.0548. The number of carbonyl (C=O) groups excluding carboxylic acids is 1. The Kier molecular flexibility index (Phi) is 6.40. The second-order valence-electron chi connectivity index (χ2n) is 6.45. The standard InChI is InChI=1S/C18H28N2O2/c1-14(2)16-7-5-15(6-8-16)9-10-19-18(22)12-20-11-3-4-17(20)13-21/h5-8,14,17,21H,3-4,9-13H2,1-2H3,(H,19,22)/t17-/m1/s1. The fourth-order valence-corrected chi connectivity index (χ4v) is 2.97. The highest BCUT2D eigenvalue weighted by molar-refractivity contribution is 5.78. The third kappa shape index (κ3) is 4.82. The van der Waals surface area contributed by atoms with Gasteiger partial charge in [0.15, 0.2) is 0 Å². The van der Waals surface area contributed by atoms with Crippen LogP contribution in [0.3, 0.4) is 0 Å². The Bertz CT molecular complexity index is 470. The maximum atomic E-state index is 12.0. The SMILES string of the molecule is CC(C)c1ccc(CCNC(=O)CN2CCC[C@@H]2CO)cc1. The molecule has 1 aromatic carbocycles. The van der Waals surface area contributed by atoms with Crippen molar-refractivity contribution in [1.82, 2.24) is 10.2 Å². The van der Waals surface area contributed by atoms with Gasteiger partial charge in [0, 0.05) is 12.6 Å². The quantitative estimate of drug-likeness (QED) is 0.809. The molecular weight excluding hydrogens is 276 g/mol. The molecule has 0 radical (unpaired) electrons. The van der Waals surface area contributed by atoms with Crippen molar-refractivity contribution in [2.45, 2.75) is 45.1 Å². The Morgan fingerprint density at radius 3 is 2.73 bits per heavy atom. The molecule has 0 unspecified atom stereocenters. The first kappa shape index (κ1) is 17.0. The van der Waals surface area contributed by atoms with Gasteiger partial charge in [-0.05, 0) is 42.9 Å². The number of hydrogen-bond donors (Lipinski definition) is 2. The first-order valence-electron chi connectivity index (χ1n) is 8.30. The van der Waals surface area contributed by atoms with Gasteiger partial charge in [0.2, 0.25) is 5.91 Å². The number of nitrogens with one attached hydrogen (secondary N) is 1. The van der Waals surface area contributed by atoms with Gasteiger partial charge in [0.25, 0.3) is 0 Å². The van der Waals surface area contributed by atoms with Gasteiger partial charge < -0.3 is 10.4 Å². The topological polar surface area (TPSA) is 52.6 Å². The summed E-state index contributed by atoms with van der Waals surface area (Å²) in [5.41, 5.74) is 2.59. The van der Waals surface area contributed by atoms with Gasteiger partial charge in [-0.25, -0.2) is 0 Å². The Hall–Kier alpha value is -1.39. The van der Waals surface area contributed by atoms with Crippen LogP contribution in [-0.2, 0) is 11.2 Å². The summed E-state index contributed by atoms with van der Waals surface area (Å²) in [5, 5.41) is 12.2. The van der Waals surface area contributed by atoms with Crippen LogP contribution in [0.1, 0.15) is 43.7 Å². The number of aliphatic hydroxyl groups is 1. The number of amides is 1. The van der Waals surface area contributed by atoms with Crippen molar-refractivity contribution in [3.63, 3.8) is 0 Å². The second-order valence-corrected chi connectivity index (χ2v) is 6.45. The molecule has 122 valence electrons. The zero-order valence-electron chi connectivity index (χ0n) is 13.7. The predicted molar refractivity (Wildman–Crippen MR) is 88.9 cm³/mol. The highest BCUT2D eigenvalue weighted by Crippen LogP contribution is 2.16. The Morgan fingerprint density at radius 2 is 2.09 bits per heavy atom. The van der Waals surface area contributed by atoms with Gasteiger partial charge in [-0.2, -0.15) is 0 Å². The van der Waals surface area contributed by atoms with Gasteiger partial charge in [-0.15, -0.1) is 0 Å². The first-order chi connectivity index (χ1) is 10.6. The molecule has 1 fully saturated rings. The van der Waals surface area contributed by atoms with E-state index in [2.05, 4.69) is 48.3 Å². The number of aliphatic hydroxyl groups excluding tert-OH is 1. The highest BCUT2D eigenvalue weighted by atomic mass is 16.3. The Morgan fingerprint density at radius 1 is 1.36 bits per heavy atom. The number of rotatable bonds is 7. The number of nitrogens with zero attached hydrogens (tertiary/aromatic N) is 1. The molecule has 0 saturated carbocycles. The van der Waals surface area contributed by atoms with Gasteiger partial charge >= 0.3 is 0 Å². The van der Waals surface area contributed by atoms with Crippen LogP contribution in [0.25, 0.3) is 0 Å².